The lowest BCUT2D eigenvalue weighted by atomic mass is 10.2. The second-order valence-electron chi connectivity index (χ2n) is 3.54. The van der Waals surface area contributed by atoms with E-state index in [2.05, 4.69) is 13.2 Å². The molecule has 0 aliphatic rings. The molecule has 0 bridgehead atoms. The monoisotopic (exact) mass is 222 g/mol. The first-order valence-corrected chi connectivity index (χ1v) is 5.05. The van der Waals surface area contributed by atoms with E-state index >= 15 is 0 Å². The number of hydrogen-bond acceptors (Lipinski definition) is 3. The number of hydrogen-bond donors (Lipinski definition) is 1. The van der Waals surface area contributed by atoms with Crippen molar-refractivity contribution in [1.82, 2.24) is 0 Å². The molecule has 0 aliphatic carbocycles. The minimum atomic E-state index is -0.348. The maximum atomic E-state index is 11.4. The Morgan fingerprint density at radius 3 is 2.25 bits per heavy atom. The molecule has 3 nitrogen and oxygen atoms in total. The molecule has 1 aromatic carbocycles. The van der Waals surface area contributed by atoms with Crippen molar-refractivity contribution in [2.45, 2.75) is 13.8 Å². The number of phenols is 1. The Morgan fingerprint density at radius 2 is 1.81 bits per heavy atom. The van der Waals surface area contributed by atoms with Gasteiger partial charge >= 0.3 is 5.97 Å². The number of phenolic OH excluding ortho intramolecular Hbond substituents is 1. The van der Waals surface area contributed by atoms with Crippen LogP contribution in [0.5, 0.6) is 5.75 Å². The molecular formula is C13H18O3. The molecule has 0 amide bonds. The van der Waals surface area contributed by atoms with Crippen molar-refractivity contribution in [3.8, 4) is 5.75 Å². The van der Waals surface area contributed by atoms with Crippen LogP contribution in [0.25, 0.3) is 0 Å². The summed E-state index contributed by atoms with van der Waals surface area (Å²) < 4.78 is 5.01. The Morgan fingerprint density at radius 1 is 1.31 bits per heavy atom. The molecule has 0 saturated heterocycles. The molecular weight excluding hydrogens is 204 g/mol. The molecule has 0 spiro atoms. The standard InChI is InChI=1S/C11H14O3.C2H4/c1-8(2)7-14-11(13)9-3-5-10(12)6-4-9;1-2/h3-6,8,12H,7H2,1-2H3;1-2H2. The molecule has 1 rings (SSSR count). The van der Waals surface area contributed by atoms with Gasteiger partial charge in [-0.25, -0.2) is 4.79 Å². The molecule has 0 unspecified atom stereocenters. The zero-order chi connectivity index (χ0) is 12.6. The summed E-state index contributed by atoms with van der Waals surface area (Å²) in [5, 5.41) is 9.00. The summed E-state index contributed by atoms with van der Waals surface area (Å²) in [4.78, 5) is 11.4. The molecule has 88 valence electrons. The van der Waals surface area contributed by atoms with Crippen LogP contribution in [0.4, 0.5) is 0 Å². The highest BCUT2D eigenvalue weighted by atomic mass is 16.5. The van der Waals surface area contributed by atoms with Gasteiger partial charge in [0.2, 0.25) is 0 Å². The first-order valence-electron chi connectivity index (χ1n) is 5.05. The number of benzene rings is 1. The maximum Gasteiger partial charge on any atom is 0.338 e. The van der Waals surface area contributed by atoms with Crippen LogP contribution in [-0.2, 0) is 4.74 Å². The van der Waals surface area contributed by atoms with Gasteiger partial charge in [0.25, 0.3) is 0 Å². The zero-order valence-corrected chi connectivity index (χ0v) is 9.77. The molecule has 0 fully saturated rings. The van der Waals surface area contributed by atoms with Crippen LogP contribution in [0, 0.1) is 5.92 Å². The Kier molecular flexibility index (Phi) is 6.68. The van der Waals surface area contributed by atoms with Crippen molar-refractivity contribution >= 4 is 5.97 Å². The van der Waals surface area contributed by atoms with Crippen molar-refractivity contribution in [2.75, 3.05) is 6.61 Å². The first kappa shape index (κ1) is 14.2. The summed E-state index contributed by atoms with van der Waals surface area (Å²) in [6.07, 6.45) is 0. The molecule has 1 aromatic rings. The summed E-state index contributed by atoms with van der Waals surface area (Å²) >= 11 is 0. The van der Waals surface area contributed by atoms with E-state index < -0.39 is 0 Å². The van der Waals surface area contributed by atoms with Crippen molar-refractivity contribution in [3.05, 3.63) is 43.0 Å². The van der Waals surface area contributed by atoms with Crippen molar-refractivity contribution in [3.63, 3.8) is 0 Å². The normalized spacial score (nSPS) is 9.19. The Balaban J connectivity index is 0.00000106. The van der Waals surface area contributed by atoms with Crippen molar-refractivity contribution < 1.29 is 14.6 Å². The van der Waals surface area contributed by atoms with Crippen LogP contribution in [0.15, 0.2) is 37.4 Å². The van der Waals surface area contributed by atoms with Crippen molar-refractivity contribution in [2.24, 2.45) is 5.92 Å². The van der Waals surface area contributed by atoms with Gasteiger partial charge in [-0.15, -0.1) is 13.2 Å². The number of esters is 1. The molecule has 0 radical (unpaired) electrons. The second kappa shape index (κ2) is 7.51. The number of ether oxygens (including phenoxy) is 1. The summed E-state index contributed by atoms with van der Waals surface area (Å²) in [7, 11) is 0. The third-order valence-electron chi connectivity index (χ3n) is 1.65. The van der Waals surface area contributed by atoms with Crippen LogP contribution in [0.1, 0.15) is 24.2 Å². The van der Waals surface area contributed by atoms with Gasteiger partial charge in [-0.05, 0) is 30.2 Å². The topological polar surface area (TPSA) is 46.5 Å². The smallest absolute Gasteiger partial charge is 0.338 e. The molecule has 0 aromatic heterocycles. The summed E-state index contributed by atoms with van der Waals surface area (Å²) in [5.74, 6) is 0.125. The lowest BCUT2D eigenvalue weighted by Crippen LogP contribution is -2.09. The lowest BCUT2D eigenvalue weighted by molar-refractivity contribution is 0.0459. The fraction of sp³-hybridized carbons (Fsp3) is 0.308. The average Bonchev–Trinajstić information content (AvgIpc) is 2.29. The number of rotatable bonds is 3. The lowest BCUT2D eigenvalue weighted by Gasteiger charge is -2.06. The number of carbonyl (C=O) groups excluding carboxylic acids is 1. The van der Waals surface area contributed by atoms with Gasteiger partial charge in [0.15, 0.2) is 0 Å². The Labute approximate surface area is 96.4 Å². The van der Waals surface area contributed by atoms with Gasteiger partial charge in [0, 0.05) is 0 Å². The highest BCUT2D eigenvalue weighted by molar-refractivity contribution is 5.89. The molecule has 3 heteroatoms. The second-order valence-corrected chi connectivity index (χ2v) is 3.54. The summed E-state index contributed by atoms with van der Waals surface area (Å²) in [6.45, 7) is 10.4. The maximum absolute atomic E-state index is 11.4. The van der Waals surface area contributed by atoms with E-state index in [9.17, 15) is 4.79 Å². The summed E-state index contributed by atoms with van der Waals surface area (Å²) in [5.41, 5.74) is 0.462. The van der Waals surface area contributed by atoms with Crippen LogP contribution >= 0.6 is 0 Å². The van der Waals surface area contributed by atoms with Crippen LogP contribution < -0.4 is 0 Å². The van der Waals surface area contributed by atoms with Gasteiger partial charge in [-0.1, -0.05) is 13.8 Å². The van der Waals surface area contributed by atoms with Crippen molar-refractivity contribution in [1.29, 1.82) is 0 Å². The molecule has 0 atom stereocenters. The third kappa shape index (κ3) is 5.20. The molecule has 0 saturated carbocycles. The van der Waals surface area contributed by atoms with Gasteiger partial charge in [0.05, 0.1) is 12.2 Å². The predicted octanol–water partition coefficient (Wildman–Crippen LogP) is 3.01. The summed E-state index contributed by atoms with van der Waals surface area (Å²) in [6, 6.07) is 6.01. The zero-order valence-electron chi connectivity index (χ0n) is 9.77. The molecule has 16 heavy (non-hydrogen) atoms. The average molecular weight is 222 g/mol. The van der Waals surface area contributed by atoms with E-state index in [1.807, 2.05) is 13.8 Å². The highest BCUT2D eigenvalue weighted by Gasteiger charge is 2.07. The molecule has 1 N–H and O–H groups in total. The van der Waals surface area contributed by atoms with E-state index in [1.54, 1.807) is 0 Å². The van der Waals surface area contributed by atoms with E-state index in [0.29, 0.717) is 18.1 Å². The molecule has 0 heterocycles. The largest absolute Gasteiger partial charge is 0.508 e. The fourth-order valence-corrected chi connectivity index (χ4v) is 0.923. The first-order chi connectivity index (χ1) is 7.59. The Hall–Kier alpha value is -1.77. The van der Waals surface area contributed by atoms with Crippen LogP contribution in [-0.4, -0.2) is 17.7 Å². The highest BCUT2D eigenvalue weighted by Crippen LogP contribution is 2.10. The van der Waals surface area contributed by atoms with E-state index in [4.69, 9.17) is 9.84 Å². The molecule has 0 aliphatic heterocycles. The minimum Gasteiger partial charge on any atom is -0.508 e. The SMILES string of the molecule is C=C.CC(C)COC(=O)c1ccc(O)cc1. The van der Waals surface area contributed by atoms with Crippen LogP contribution in [0.2, 0.25) is 0 Å². The Bertz CT molecular complexity index is 314. The fourth-order valence-electron chi connectivity index (χ4n) is 0.923. The van der Waals surface area contributed by atoms with Gasteiger partial charge in [-0.2, -0.15) is 0 Å². The van der Waals surface area contributed by atoms with E-state index in [1.165, 1.54) is 24.3 Å². The van der Waals surface area contributed by atoms with Gasteiger partial charge in [-0.3, -0.25) is 0 Å². The van der Waals surface area contributed by atoms with Crippen LogP contribution in [0.3, 0.4) is 0 Å². The predicted molar refractivity (Wildman–Crippen MR) is 64.5 cm³/mol. The number of carbonyl (C=O) groups is 1. The third-order valence-corrected chi connectivity index (χ3v) is 1.65. The van der Waals surface area contributed by atoms with E-state index in [0.717, 1.165) is 0 Å². The quantitative estimate of drug-likeness (QED) is 0.631. The van der Waals surface area contributed by atoms with Gasteiger partial charge in [0.1, 0.15) is 5.75 Å². The minimum absolute atomic E-state index is 0.144. The van der Waals surface area contributed by atoms with E-state index in [-0.39, 0.29) is 11.7 Å². The number of aromatic hydroxyl groups is 1. The van der Waals surface area contributed by atoms with Gasteiger partial charge < -0.3 is 9.84 Å².